The number of hydrogen-bond donors (Lipinski definition) is 1. The first-order valence-electron chi connectivity index (χ1n) is 8.10. The quantitative estimate of drug-likeness (QED) is 0.917. The molecule has 5 heteroatoms. The van der Waals surface area contributed by atoms with Crippen LogP contribution >= 0.6 is 11.3 Å². The predicted molar refractivity (Wildman–Crippen MR) is 92.9 cm³/mol. The molecule has 1 saturated carbocycles. The molecule has 1 fully saturated rings. The van der Waals surface area contributed by atoms with Gasteiger partial charge >= 0.3 is 0 Å². The van der Waals surface area contributed by atoms with E-state index in [2.05, 4.69) is 17.1 Å². The van der Waals surface area contributed by atoms with Crippen LogP contribution in [-0.4, -0.2) is 21.8 Å². The molecule has 0 aliphatic heterocycles. The zero-order valence-corrected chi connectivity index (χ0v) is 14.3. The van der Waals surface area contributed by atoms with E-state index in [1.807, 2.05) is 35.5 Å². The summed E-state index contributed by atoms with van der Waals surface area (Å²) in [7, 11) is 0. The smallest absolute Gasteiger partial charge is 0.226 e. The van der Waals surface area contributed by atoms with Gasteiger partial charge in [-0.15, -0.1) is 11.3 Å². The first kappa shape index (κ1) is 16.1. The maximum absolute atomic E-state index is 13.0. The van der Waals surface area contributed by atoms with Crippen molar-refractivity contribution >= 4 is 17.2 Å². The minimum atomic E-state index is 0.0712. The average Bonchev–Trinajstić information content (AvgIpc) is 3.16. The number of nitrogens with zero attached hydrogens (tertiary/aromatic N) is 2. The highest BCUT2D eigenvalue weighted by Gasteiger charge is 2.31. The summed E-state index contributed by atoms with van der Waals surface area (Å²) in [5.41, 5.74) is 10.0. The maximum Gasteiger partial charge on any atom is 0.226 e. The van der Waals surface area contributed by atoms with Crippen LogP contribution in [0.25, 0.3) is 0 Å². The van der Waals surface area contributed by atoms with Crippen molar-refractivity contribution in [3.63, 3.8) is 0 Å². The van der Waals surface area contributed by atoms with Crippen molar-refractivity contribution in [3.05, 3.63) is 52.0 Å². The average molecular weight is 329 g/mol. The fourth-order valence-electron chi connectivity index (χ4n) is 3.17. The molecular formula is C18H23N3OS. The van der Waals surface area contributed by atoms with E-state index in [0.29, 0.717) is 13.1 Å². The molecule has 1 heterocycles. The third-order valence-corrected chi connectivity index (χ3v) is 5.45. The van der Waals surface area contributed by atoms with E-state index in [1.165, 1.54) is 0 Å². The van der Waals surface area contributed by atoms with Gasteiger partial charge in [0.05, 0.1) is 17.7 Å². The number of aryl methyl sites for hydroxylation is 1. The molecule has 122 valence electrons. The van der Waals surface area contributed by atoms with Gasteiger partial charge in [-0.25, -0.2) is 4.98 Å². The van der Waals surface area contributed by atoms with Crippen molar-refractivity contribution in [2.75, 3.05) is 0 Å². The molecule has 1 amide bonds. The summed E-state index contributed by atoms with van der Waals surface area (Å²) < 4.78 is 0. The molecule has 0 radical (unpaired) electrons. The lowest BCUT2D eigenvalue weighted by Crippen LogP contribution is -2.35. The number of aromatic nitrogens is 1. The van der Waals surface area contributed by atoms with Crippen LogP contribution in [0.1, 0.15) is 35.4 Å². The van der Waals surface area contributed by atoms with Gasteiger partial charge < -0.3 is 10.6 Å². The number of nitrogens with two attached hydrogens (primary N) is 1. The number of carbonyl (C=O) groups is 1. The van der Waals surface area contributed by atoms with Crippen LogP contribution in [0.15, 0.2) is 35.8 Å². The summed E-state index contributed by atoms with van der Waals surface area (Å²) in [5, 5.41) is 0. The SMILES string of the molecule is Cc1ncsc1CN(Cc1ccccc1)C(=O)[C@@H]1CC[C@H](N)C1. The minimum absolute atomic E-state index is 0.0712. The molecule has 0 bridgehead atoms. The lowest BCUT2D eigenvalue weighted by Gasteiger charge is -2.25. The number of thiazole rings is 1. The second kappa shape index (κ2) is 7.23. The number of carbonyl (C=O) groups excluding carboxylic acids is 1. The van der Waals surface area contributed by atoms with Crippen molar-refractivity contribution in [1.29, 1.82) is 0 Å². The molecule has 23 heavy (non-hydrogen) atoms. The van der Waals surface area contributed by atoms with Crippen molar-refractivity contribution in [3.8, 4) is 0 Å². The summed E-state index contributed by atoms with van der Waals surface area (Å²) in [6, 6.07) is 10.3. The van der Waals surface area contributed by atoms with Crippen molar-refractivity contribution in [1.82, 2.24) is 9.88 Å². The molecule has 0 saturated heterocycles. The predicted octanol–water partition coefficient (Wildman–Crippen LogP) is 3.11. The largest absolute Gasteiger partial charge is 0.333 e. The Morgan fingerprint density at radius 3 is 2.70 bits per heavy atom. The first-order valence-corrected chi connectivity index (χ1v) is 8.98. The van der Waals surface area contributed by atoms with Gasteiger partial charge in [-0.1, -0.05) is 30.3 Å². The highest BCUT2D eigenvalue weighted by atomic mass is 32.1. The number of benzene rings is 1. The fraction of sp³-hybridized carbons (Fsp3) is 0.444. The van der Waals surface area contributed by atoms with Gasteiger partial charge in [0, 0.05) is 23.4 Å². The molecule has 1 aromatic heterocycles. The van der Waals surface area contributed by atoms with E-state index in [1.54, 1.807) is 11.3 Å². The molecular weight excluding hydrogens is 306 g/mol. The third kappa shape index (κ3) is 3.98. The van der Waals surface area contributed by atoms with E-state index in [9.17, 15) is 4.79 Å². The van der Waals surface area contributed by atoms with Gasteiger partial charge in [0.1, 0.15) is 0 Å². The highest BCUT2D eigenvalue weighted by molar-refractivity contribution is 7.09. The Morgan fingerprint density at radius 1 is 1.30 bits per heavy atom. The molecule has 2 atom stereocenters. The van der Waals surface area contributed by atoms with Crippen LogP contribution in [0, 0.1) is 12.8 Å². The molecule has 0 unspecified atom stereocenters. The zero-order chi connectivity index (χ0) is 16.2. The summed E-state index contributed by atoms with van der Waals surface area (Å²) >= 11 is 1.62. The Labute approximate surface area is 141 Å². The van der Waals surface area contributed by atoms with Gasteiger partial charge in [-0.3, -0.25) is 4.79 Å². The van der Waals surface area contributed by atoms with E-state index in [-0.39, 0.29) is 17.9 Å². The van der Waals surface area contributed by atoms with Gasteiger partial charge in [0.15, 0.2) is 0 Å². The Balaban J connectivity index is 1.77. The zero-order valence-electron chi connectivity index (χ0n) is 13.4. The van der Waals surface area contributed by atoms with Crippen LogP contribution in [0.2, 0.25) is 0 Å². The Morgan fingerprint density at radius 2 is 2.09 bits per heavy atom. The second-order valence-corrected chi connectivity index (χ2v) is 7.25. The van der Waals surface area contributed by atoms with Gasteiger partial charge in [-0.2, -0.15) is 0 Å². The molecule has 1 aliphatic rings. The summed E-state index contributed by atoms with van der Waals surface area (Å²) in [6.07, 6.45) is 2.67. The minimum Gasteiger partial charge on any atom is -0.333 e. The maximum atomic E-state index is 13.0. The lowest BCUT2D eigenvalue weighted by atomic mass is 10.1. The summed E-state index contributed by atoms with van der Waals surface area (Å²) in [6.45, 7) is 3.28. The van der Waals surface area contributed by atoms with Gasteiger partial charge in [-0.05, 0) is 31.7 Å². The topological polar surface area (TPSA) is 59.2 Å². The molecule has 4 nitrogen and oxygen atoms in total. The van der Waals surface area contributed by atoms with E-state index < -0.39 is 0 Å². The van der Waals surface area contributed by atoms with E-state index in [4.69, 9.17) is 5.73 Å². The first-order chi connectivity index (χ1) is 11.1. The van der Waals surface area contributed by atoms with Crippen molar-refractivity contribution < 1.29 is 4.79 Å². The normalized spacial score (nSPS) is 20.6. The molecule has 0 spiro atoms. The number of amides is 1. The monoisotopic (exact) mass is 329 g/mol. The lowest BCUT2D eigenvalue weighted by molar-refractivity contribution is -0.136. The molecule has 2 aromatic rings. The molecule has 1 aromatic carbocycles. The summed E-state index contributed by atoms with van der Waals surface area (Å²) in [5.74, 6) is 0.302. The Kier molecular flexibility index (Phi) is 5.08. The highest BCUT2D eigenvalue weighted by Crippen LogP contribution is 2.28. The molecule has 1 aliphatic carbocycles. The Hall–Kier alpha value is -1.72. The van der Waals surface area contributed by atoms with Crippen LogP contribution in [0.4, 0.5) is 0 Å². The second-order valence-electron chi connectivity index (χ2n) is 6.31. The van der Waals surface area contributed by atoms with Crippen LogP contribution in [0.5, 0.6) is 0 Å². The van der Waals surface area contributed by atoms with Crippen LogP contribution in [0.3, 0.4) is 0 Å². The van der Waals surface area contributed by atoms with Crippen molar-refractivity contribution in [2.45, 2.75) is 45.3 Å². The van der Waals surface area contributed by atoms with E-state index >= 15 is 0 Å². The third-order valence-electron chi connectivity index (χ3n) is 4.53. The number of hydrogen-bond acceptors (Lipinski definition) is 4. The summed E-state index contributed by atoms with van der Waals surface area (Å²) in [4.78, 5) is 20.4. The van der Waals surface area contributed by atoms with Crippen LogP contribution < -0.4 is 5.73 Å². The van der Waals surface area contributed by atoms with Crippen molar-refractivity contribution in [2.24, 2.45) is 11.7 Å². The van der Waals surface area contributed by atoms with Gasteiger partial charge in [0.2, 0.25) is 5.91 Å². The number of rotatable bonds is 5. The van der Waals surface area contributed by atoms with Crippen LogP contribution in [-0.2, 0) is 17.9 Å². The molecule has 2 N–H and O–H groups in total. The molecule has 3 rings (SSSR count). The van der Waals surface area contributed by atoms with Gasteiger partial charge in [0.25, 0.3) is 0 Å². The Bertz CT molecular complexity index is 655. The standard InChI is InChI=1S/C18H23N3OS/c1-13-17(23-12-20-13)11-21(10-14-5-3-2-4-6-14)18(22)15-7-8-16(19)9-15/h2-6,12,15-16H,7-11,19H2,1H3/t15-,16+/m1/s1. The van der Waals surface area contributed by atoms with E-state index in [0.717, 1.165) is 35.4 Å². The fourth-order valence-corrected chi connectivity index (χ4v) is 3.96.